The van der Waals surface area contributed by atoms with E-state index < -0.39 is 42.7 Å². The predicted octanol–water partition coefficient (Wildman–Crippen LogP) is 4.38. The maximum atomic E-state index is 13.8. The van der Waals surface area contributed by atoms with E-state index in [1.165, 1.54) is 36.5 Å². The molecule has 0 amide bonds. The molecule has 0 saturated heterocycles. The lowest BCUT2D eigenvalue weighted by atomic mass is 9.81. The number of rotatable bonds is 6. The Labute approximate surface area is 257 Å². The molecule has 3 aromatic heterocycles. The molecule has 45 heavy (non-hydrogen) atoms. The molecule has 1 unspecified atom stereocenters. The van der Waals surface area contributed by atoms with Crippen molar-refractivity contribution in [2.45, 2.75) is 34.6 Å². The highest BCUT2D eigenvalue weighted by Gasteiger charge is 2.37. The van der Waals surface area contributed by atoms with Gasteiger partial charge >= 0.3 is 0 Å². The molecule has 228 valence electrons. The van der Waals surface area contributed by atoms with Crippen LogP contribution >= 0.6 is 0 Å². The van der Waals surface area contributed by atoms with Crippen LogP contribution in [0.4, 0.5) is 0 Å². The summed E-state index contributed by atoms with van der Waals surface area (Å²) in [6, 6.07) is 12.1. The van der Waals surface area contributed by atoms with E-state index in [9.17, 15) is 31.6 Å². The van der Waals surface area contributed by atoms with Crippen molar-refractivity contribution in [2.24, 2.45) is 13.0 Å². The fourth-order valence-corrected chi connectivity index (χ4v) is 8.57. The Hall–Kier alpha value is -4.88. The van der Waals surface area contributed by atoms with Crippen molar-refractivity contribution in [3.63, 3.8) is 0 Å². The van der Waals surface area contributed by atoms with Crippen LogP contribution < -0.4 is 0 Å². The third-order valence-corrected chi connectivity index (χ3v) is 11.6. The molecule has 0 bridgehead atoms. The zero-order valence-corrected chi connectivity index (χ0v) is 25.8. The second-order valence-corrected chi connectivity index (χ2v) is 15.4. The van der Waals surface area contributed by atoms with Gasteiger partial charge in [0, 0.05) is 46.9 Å². The van der Waals surface area contributed by atoms with Crippen LogP contribution in [0.15, 0.2) is 94.0 Å². The lowest BCUT2D eigenvalue weighted by Gasteiger charge is -2.24. The van der Waals surface area contributed by atoms with E-state index in [4.69, 9.17) is 0 Å². The average Bonchev–Trinajstić information content (AvgIpc) is 3.57. The molecule has 2 aromatic carbocycles. The molecule has 5 aromatic rings. The van der Waals surface area contributed by atoms with Crippen LogP contribution in [0.3, 0.4) is 0 Å². The summed E-state index contributed by atoms with van der Waals surface area (Å²) in [5.41, 5.74) is 0.641. The molecule has 0 radical (unpaired) electrons. The highest BCUT2D eigenvalue weighted by Crippen LogP contribution is 2.34. The summed E-state index contributed by atoms with van der Waals surface area (Å²) in [5.74, 6) is -2.61. The predicted molar refractivity (Wildman–Crippen MR) is 164 cm³/mol. The summed E-state index contributed by atoms with van der Waals surface area (Å²) < 4.78 is 57.6. The molecule has 7 rings (SSSR count). The molecule has 0 spiro atoms. The maximum Gasteiger partial charge on any atom is 0.214 e. The zero-order chi connectivity index (χ0) is 31.8. The van der Waals surface area contributed by atoms with E-state index in [0.717, 1.165) is 10.2 Å². The van der Waals surface area contributed by atoms with Crippen LogP contribution in [0.2, 0.25) is 0 Å². The number of hydrogen-bond donors (Lipinski definition) is 1. The lowest BCUT2D eigenvalue weighted by Crippen LogP contribution is -2.29. The number of aromatic nitrogens is 4. The van der Waals surface area contributed by atoms with Gasteiger partial charge < -0.3 is 9.77 Å². The molecule has 2 aliphatic rings. The first kappa shape index (κ1) is 28.9. The number of ketones is 2. The molecule has 0 saturated carbocycles. The molecule has 13 heteroatoms. The highest BCUT2D eigenvalue weighted by atomic mass is 32.2. The van der Waals surface area contributed by atoms with Crippen LogP contribution in [-0.4, -0.2) is 52.9 Å². The van der Waals surface area contributed by atoms with Crippen molar-refractivity contribution in [3.8, 4) is 0 Å². The molecule has 0 fully saturated rings. The van der Waals surface area contributed by atoms with Gasteiger partial charge in [0.05, 0.1) is 38.2 Å². The Kier molecular flexibility index (Phi) is 6.46. The van der Waals surface area contributed by atoms with Gasteiger partial charge in [-0.15, -0.1) is 0 Å². The fraction of sp³-hybridized carbons (Fsp3) is 0.188. The first-order valence-corrected chi connectivity index (χ1v) is 17.3. The van der Waals surface area contributed by atoms with Crippen LogP contribution in [0, 0.1) is 5.92 Å². The van der Waals surface area contributed by atoms with Gasteiger partial charge in [-0.25, -0.2) is 26.8 Å². The van der Waals surface area contributed by atoms with Crippen LogP contribution in [0.5, 0.6) is 0 Å². The average molecular weight is 643 g/mol. The monoisotopic (exact) mass is 642 g/mol. The summed E-state index contributed by atoms with van der Waals surface area (Å²) in [6.07, 6.45) is 6.88. The standard InChI is InChI=1S/C32H26N4O7S2/c1-18-3-6-23-24(13-18)32(38)30-29(31(23)37)33-25(16-45(42,43)22-5-8-28-20(15-22)10-12-36(28)39)26(34-30)17-44(40,41)21-4-7-27-19(14-21)9-11-35(27)2/h3-12,14-15,18,39H,13,16-17H2,1-2H3. The molecular formula is C32H26N4O7S2. The number of allylic oxidation sites excluding steroid dienone is 4. The van der Waals surface area contributed by atoms with Gasteiger partial charge in [0.1, 0.15) is 11.4 Å². The SMILES string of the molecule is CC1C=CC2=C(C1)C(=O)c1nc(CS(=O)(=O)c3ccc4c(ccn4C)c3)c(CS(=O)(=O)c3ccc4c(ccn4O)c3)nc1C2=O. The molecule has 1 atom stereocenters. The second-order valence-electron chi connectivity index (χ2n) is 11.5. The molecule has 2 aliphatic carbocycles. The lowest BCUT2D eigenvalue weighted by molar-refractivity contribution is 0.0964. The number of fused-ring (bicyclic) bond motifs is 3. The summed E-state index contributed by atoms with van der Waals surface area (Å²) in [5, 5.41) is 11.1. The number of aryl methyl sites for hydroxylation is 1. The zero-order valence-electron chi connectivity index (χ0n) is 24.1. The van der Waals surface area contributed by atoms with Crippen LogP contribution in [0.25, 0.3) is 21.8 Å². The summed E-state index contributed by atoms with van der Waals surface area (Å²) in [6.45, 7) is 1.90. The Morgan fingerprint density at radius 3 is 2.00 bits per heavy atom. The summed E-state index contributed by atoms with van der Waals surface area (Å²) >= 11 is 0. The number of Topliss-reactive ketones (excluding diaryl/α,β-unsaturated/α-hetero) is 2. The van der Waals surface area contributed by atoms with Gasteiger partial charge in [-0.3, -0.25) is 9.59 Å². The van der Waals surface area contributed by atoms with E-state index in [2.05, 4.69) is 9.97 Å². The molecule has 3 heterocycles. The van der Waals surface area contributed by atoms with Gasteiger partial charge in [-0.1, -0.05) is 19.1 Å². The van der Waals surface area contributed by atoms with Crippen molar-refractivity contribution in [1.82, 2.24) is 19.3 Å². The number of hydrogen-bond acceptors (Lipinski definition) is 9. The van der Waals surface area contributed by atoms with Gasteiger partial charge in [-0.2, -0.15) is 4.73 Å². The summed E-state index contributed by atoms with van der Waals surface area (Å²) in [4.78, 5) is 35.8. The van der Waals surface area contributed by atoms with E-state index in [1.807, 2.05) is 24.6 Å². The Balaban J connectivity index is 1.35. The summed E-state index contributed by atoms with van der Waals surface area (Å²) in [7, 11) is -6.44. The quantitative estimate of drug-likeness (QED) is 0.265. The van der Waals surface area contributed by atoms with Crippen molar-refractivity contribution >= 4 is 53.0 Å². The maximum absolute atomic E-state index is 13.8. The molecule has 0 aliphatic heterocycles. The second kappa shape index (κ2) is 10.1. The molecule has 11 nitrogen and oxygen atoms in total. The van der Waals surface area contributed by atoms with Crippen molar-refractivity contribution < 1.29 is 31.6 Å². The fourth-order valence-electron chi connectivity index (χ4n) is 5.89. The minimum atomic E-state index is -4.17. The topological polar surface area (TPSA) is 158 Å². The van der Waals surface area contributed by atoms with Gasteiger partial charge in [0.15, 0.2) is 19.7 Å². The first-order valence-electron chi connectivity index (χ1n) is 14.0. The van der Waals surface area contributed by atoms with Crippen molar-refractivity contribution in [3.05, 3.63) is 107 Å². The number of benzene rings is 2. The minimum Gasteiger partial charge on any atom is -0.428 e. The Bertz CT molecular complexity index is 2420. The van der Waals surface area contributed by atoms with E-state index >= 15 is 0 Å². The number of carbonyl (C=O) groups excluding carboxylic acids is 2. The van der Waals surface area contributed by atoms with E-state index in [0.29, 0.717) is 22.7 Å². The first-order chi connectivity index (χ1) is 21.3. The highest BCUT2D eigenvalue weighted by molar-refractivity contribution is 7.91. The van der Waals surface area contributed by atoms with E-state index in [-0.39, 0.29) is 49.6 Å². The van der Waals surface area contributed by atoms with Crippen LogP contribution in [0.1, 0.15) is 45.7 Å². The number of nitrogens with zero attached hydrogens (tertiary/aromatic N) is 4. The van der Waals surface area contributed by atoms with Gasteiger partial charge in [0.25, 0.3) is 0 Å². The van der Waals surface area contributed by atoms with Crippen LogP contribution in [-0.2, 0) is 38.2 Å². The number of carbonyl (C=O) groups is 2. The third kappa shape index (κ3) is 4.79. The number of sulfone groups is 2. The van der Waals surface area contributed by atoms with Crippen molar-refractivity contribution in [2.75, 3.05) is 0 Å². The van der Waals surface area contributed by atoms with Crippen molar-refractivity contribution in [1.29, 1.82) is 0 Å². The smallest absolute Gasteiger partial charge is 0.214 e. The van der Waals surface area contributed by atoms with Gasteiger partial charge in [0.2, 0.25) is 11.6 Å². The molecule has 1 N–H and O–H groups in total. The largest absolute Gasteiger partial charge is 0.428 e. The van der Waals surface area contributed by atoms with Gasteiger partial charge in [-0.05, 0) is 60.9 Å². The Morgan fingerprint density at radius 2 is 1.36 bits per heavy atom. The normalized spacial score (nSPS) is 16.9. The van der Waals surface area contributed by atoms with E-state index in [1.54, 1.807) is 30.5 Å². The minimum absolute atomic E-state index is 0.00672. The molecular weight excluding hydrogens is 617 g/mol. The third-order valence-electron chi connectivity index (χ3n) is 8.31. The Morgan fingerprint density at radius 1 is 0.800 bits per heavy atom.